The summed E-state index contributed by atoms with van der Waals surface area (Å²) in [7, 11) is 5.27. The highest BCUT2D eigenvalue weighted by molar-refractivity contribution is 8.01. The van der Waals surface area contributed by atoms with Crippen LogP contribution in [0.4, 0.5) is 16.6 Å². The van der Waals surface area contributed by atoms with Gasteiger partial charge in [0.25, 0.3) is 0 Å². The average Bonchev–Trinajstić information content (AvgIpc) is 2.86. The zero-order valence-corrected chi connectivity index (χ0v) is 12.5. The normalized spacial score (nSPS) is 10.3. The minimum Gasteiger partial charge on any atom is -0.367 e. The molecule has 0 aliphatic carbocycles. The van der Waals surface area contributed by atoms with E-state index in [1.165, 1.54) is 17.7 Å². The lowest BCUT2D eigenvalue weighted by Crippen LogP contribution is -2.07. The van der Waals surface area contributed by atoms with Gasteiger partial charge in [-0.05, 0) is 11.8 Å². The number of hydrogen-bond donors (Lipinski definition) is 1. The number of nitrogens with zero attached hydrogens (tertiary/aromatic N) is 6. The first-order valence-electron chi connectivity index (χ1n) is 5.38. The van der Waals surface area contributed by atoms with Gasteiger partial charge in [-0.2, -0.15) is 0 Å². The van der Waals surface area contributed by atoms with Gasteiger partial charge < -0.3 is 10.2 Å². The SMILES string of the molecule is CNc1ncnc(Sc2nnc(N(C)C)s2)c1[N+](=O)[O-]. The van der Waals surface area contributed by atoms with E-state index in [-0.39, 0.29) is 16.5 Å². The van der Waals surface area contributed by atoms with Gasteiger partial charge in [0.1, 0.15) is 6.33 Å². The van der Waals surface area contributed by atoms with Gasteiger partial charge in [0.2, 0.25) is 10.9 Å². The highest BCUT2D eigenvalue weighted by atomic mass is 32.2. The van der Waals surface area contributed by atoms with E-state index in [1.54, 1.807) is 7.05 Å². The molecule has 0 aromatic carbocycles. The number of hydrogen-bond acceptors (Lipinski definition) is 10. The number of nitrogens with one attached hydrogen (secondary N) is 1. The molecule has 0 bridgehead atoms. The summed E-state index contributed by atoms with van der Waals surface area (Å²) < 4.78 is 0.581. The molecule has 0 spiro atoms. The van der Waals surface area contributed by atoms with Crippen molar-refractivity contribution in [2.45, 2.75) is 9.37 Å². The van der Waals surface area contributed by atoms with E-state index in [4.69, 9.17) is 0 Å². The van der Waals surface area contributed by atoms with Crippen molar-refractivity contribution in [3.63, 3.8) is 0 Å². The minimum atomic E-state index is -0.512. The summed E-state index contributed by atoms with van der Waals surface area (Å²) in [6.45, 7) is 0. The molecule has 2 heterocycles. The lowest BCUT2D eigenvalue weighted by molar-refractivity contribution is -0.387. The molecule has 1 N–H and O–H groups in total. The Morgan fingerprint density at radius 3 is 2.70 bits per heavy atom. The van der Waals surface area contributed by atoms with Gasteiger partial charge in [-0.1, -0.05) is 11.3 Å². The molecule has 0 aliphatic rings. The fraction of sp³-hybridized carbons (Fsp3) is 0.333. The van der Waals surface area contributed by atoms with Gasteiger partial charge in [0, 0.05) is 21.1 Å². The molecule has 9 nitrogen and oxygen atoms in total. The largest absolute Gasteiger partial charge is 0.367 e. The van der Waals surface area contributed by atoms with Crippen LogP contribution in [-0.2, 0) is 0 Å². The molecule has 0 fully saturated rings. The van der Waals surface area contributed by atoms with Crippen LogP contribution in [0, 0.1) is 10.1 Å². The fourth-order valence-corrected chi connectivity index (χ4v) is 3.04. The quantitative estimate of drug-likeness (QED) is 0.498. The van der Waals surface area contributed by atoms with E-state index in [0.29, 0.717) is 4.34 Å². The van der Waals surface area contributed by atoms with E-state index in [0.717, 1.165) is 16.9 Å². The van der Waals surface area contributed by atoms with Crippen molar-refractivity contribution in [3.8, 4) is 0 Å². The number of aromatic nitrogens is 4. The first-order chi connectivity index (χ1) is 9.52. The molecule has 106 valence electrons. The molecular formula is C9H11N7O2S2. The topological polar surface area (TPSA) is 110 Å². The molecule has 2 aromatic rings. The summed E-state index contributed by atoms with van der Waals surface area (Å²) in [6, 6.07) is 0. The second-order valence-corrected chi connectivity index (χ2v) is 5.92. The molecule has 0 unspecified atom stereocenters. The number of rotatable bonds is 5. The standard InChI is InChI=1S/C9H11N7O2S2/c1-10-6-5(16(17)18)7(12-4-11-6)19-9-14-13-8(20-9)15(2)3/h4H,1-3H3,(H,10,11,12). The lowest BCUT2D eigenvalue weighted by Gasteiger charge is -2.04. The zero-order valence-electron chi connectivity index (χ0n) is 10.9. The van der Waals surface area contributed by atoms with Gasteiger partial charge in [-0.3, -0.25) is 10.1 Å². The molecule has 0 radical (unpaired) electrons. The Morgan fingerprint density at radius 1 is 1.40 bits per heavy atom. The number of anilines is 2. The van der Waals surface area contributed by atoms with Crippen LogP contribution >= 0.6 is 23.1 Å². The average molecular weight is 313 g/mol. The molecule has 0 saturated carbocycles. The highest BCUT2D eigenvalue weighted by Crippen LogP contribution is 2.38. The van der Waals surface area contributed by atoms with Crippen molar-refractivity contribution in [1.82, 2.24) is 20.2 Å². The third kappa shape index (κ3) is 2.93. The monoisotopic (exact) mass is 313 g/mol. The summed E-state index contributed by atoms with van der Waals surface area (Å²) >= 11 is 2.43. The van der Waals surface area contributed by atoms with Crippen LogP contribution in [0.15, 0.2) is 15.7 Å². The van der Waals surface area contributed by atoms with E-state index in [2.05, 4.69) is 25.5 Å². The van der Waals surface area contributed by atoms with Crippen molar-refractivity contribution in [3.05, 3.63) is 16.4 Å². The maximum atomic E-state index is 11.1. The van der Waals surface area contributed by atoms with Gasteiger partial charge >= 0.3 is 5.69 Å². The third-order valence-corrected chi connectivity index (χ3v) is 4.30. The van der Waals surface area contributed by atoms with Crippen molar-refractivity contribution in [1.29, 1.82) is 0 Å². The Kier molecular flexibility index (Phi) is 4.29. The summed E-state index contributed by atoms with van der Waals surface area (Å²) in [5, 5.41) is 22.7. The van der Waals surface area contributed by atoms with Crippen molar-refractivity contribution < 1.29 is 4.92 Å². The predicted octanol–water partition coefficient (Wildman–Crippen LogP) is 1.50. The van der Waals surface area contributed by atoms with Crippen LogP contribution in [0.25, 0.3) is 0 Å². The molecular weight excluding hydrogens is 302 g/mol. The summed E-state index contributed by atoms with van der Waals surface area (Å²) in [6.07, 6.45) is 1.27. The maximum absolute atomic E-state index is 11.1. The van der Waals surface area contributed by atoms with Crippen LogP contribution in [0.2, 0.25) is 0 Å². The minimum absolute atomic E-state index is 0.165. The first-order valence-corrected chi connectivity index (χ1v) is 7.02. The van der Waals surface area contributed by atoms with Crippen molar-refractivity contribution in [2.24, 2.45) is 0 Å². The van der Waals surface area contributed by atoms with Gasteiger partial charge in [-0.15, -0.1) is 10.2 Å². The van der Waals surface area contributed by atoms with Crippen LogP contribution in [0.3, 0.4) is 0 Å². The molecule has 0 saturated heterocycles. The Hall–Kier alpha value is -2.01. The molecule has 20 heavy (non-hydrogen) atoms. The smallest absolute Gasteiger partial charge is 0.343 e. The molecule has 11 heteroatoms. The molecule has 0 atom stereocenters. The Morgan fingerprint density at radius 2 is 2.15 bits per heavy atom. The molecule has 0 amide bonds. The number of nitro groups is 1. The third-order valence-electron chi connectivity index (χ3n) is 2.17. The summed E-state index contributed by atoms with van der Waals surface area (Å²) in [4.78, 5) is 20.2. The van der Waals surface area contributed by atoms with Gasteiger partial charge in [-0.25, -0.2) is 9.97 Å². The Balaban J connectivity index is 2.35. The molecule has 2 rings (SSSR count). The van der Waals surface area contributed by atoms with Crippen LogP contribution in [0.1, 0.15) is 0 Å². The van der Waals surface area contributed by atoms with E-state index in [1.807, 2.05) is 19.0 Å². The van der Waals surface area contributed by atoms with Crippen LogP contribution in [-0.4, -0.2) is 46.2 Å². The first kappa shape index (κ1) is 14.4. The summed E-state index contributed by atoms with van der Waals surface area (Å²) in [5.41, 5.74) is -0.165. The fourth-order valence-electron chi connectivity index (χ4n) is 1.29. The second-order valence-electron chi connectivity index (χ2n) is 3.73. The van der Waals surface area contributed by atoms with E-state index in [9.17, 15) is 10.1 Å². The zero-order chi connectivity index (χ0) is 14.7. The lowest BCUT2D eigenvalue weighted by atomic mass is 10.5. The predicted molar refractivity (Wildman–Crippen MR) is 76.6 cm³/mol. The van der Waals surface area contributed by atoms with Crippen molar-refractivity contribution >= 4 is 39.7 Å². The van der Waals surface area contributed by atoms with Gasteiger partial charge in [0.15, 0.2) is 9.37 Å². The second kappa shape index (κ2) is 5.96. The highest BCUT2D eigenvalue weighted by Gasteiger charge is 2.24. The Labute approximate surface area is 122 Å². The van der Waals surface area contributed by atoms with Crippen LogP contribution < -0.4 is 10.2 Å². The molecule has 0 aliphatic heterocycles. The van der Waals surface area contributed by atoms with Crippen molar-refractivity contribution in [2.75, 3.05) is 31.4 Å². The van der Waals surface area contributed by atoms with E-state index < -0.39 is 4.92 Å². The van der Waals surface area contributed by atoms with Crippen LogP contribution in [0.5, 0.6) is 0 Å². The Bertz CT molecular complexity index is 631. The van der Waals surface area contributed by atoms with E-state index >= 15 is 0 Å². The van der Waals surface area contributed by atoms with Gasteiger partial charge in [0.05, 0.1) is 4.92 Å². The molecule has 2 aromatic heterocycles. The summed E-state index contributed by atoms with van der Waals surface area (Å²) in [5.74, 6) is 0.171. The maximum Gasteiger partial charge on any atom is 0.343 e.